The monoisotopic (exact) mass is 219 g/mol. The van der Waals surface area contributed by atoms with Crippen LogP contribution in [0.5, 0.6) is 0 Å². The third-order valence-electron chi connectivity index (χ3n) is 3.55. The summed E-state index contributed by atoms with van der Waals surface area (Å²) in [6.07, 6.45) is 4.96. The maximum atomic E-state index is 6.13. The molecule has 1 aromatic carbocycles. The van der Waals surface area contributed by atoms with Gasteiger partial charge in [0.05, 0.1) is 0 Å². The van der Waals surface area contributed by atoms with Crippen LogP contribution in [0.3, 0.4) is 0 Å². The molecule has 2 nitrogen and oxygen atoms in total. The molecule has 16 heavy (non-hydrogen) atoms. The van der Waals surface area contributed by atoms with Gasteiger partial charge in [-0.15, -0.1) is 0 Å². The molecule has 1 aliphatic rings. The molecule has 88 valence electrons. The molecule has 1 unspecified atom stereocenters. The summed E-state index contributed by atoms with van der Waals surface area (Å²) in [5.74, 6) is 0.787. The van der Waals surface area contributed by atoms with Crippen molar-refractivity contribution in [2.75, 3.05) is 13.7 Å². The Morgan fingerprint density at radius 2 is 2.25 bits per heavy atom. The first-order valence-corrected chi connectivity index (χ1v) is 6.15. The van der Waals surface area contributed by atoms with Crippen LogP contribution < -0.4 is 5.73 Å². The highest BCUT2D eigenvalue weighted by Gasteiger charge is 2.19. The van der Waals surface area contributed by atoms with Crippen molar-refractivity contribution in [3.8, 4) is 0 Å². The van der Waals surface area contributed by atoms with Crippen molar-refractivity contribution in [3.63, 3.8) is 0 Å². The number of hydrogen-bond acceptors (Lipinski definition) is 2. The van der Waals surface area contributed by atoms with E-state index < -0.39 is 0 Å². The number of nitrogens with two attached hydrogens (primary N) is 1. The predicted molar refractivity (Wildman–Crippen MR) is 66.5 cm³/mol. The van der Waals surface area contributed by atoms with Gasteiger partial charge in [-0.05, 0) is 36.3 Å². The molecule has 0 bridgehead atoms. The number of ether oxygens (including phenoxy) is 1. The summed E-state index contributed by atoms with van der Waals surface area (Å²) in [6.45, 7) is 0.731. The molecule has 2 rings (SSSR count). The van der Waals surface area contributed by atoms with Crippen LogP contribution in [0.4, 0.5) is 0 Å². The van der Waals surface area contributed by atoms with Crippen molar-refractivity contribution in [1.82, 2.24) is 0 Å². The predicted octanol–water partition coefficient (Wildman–Crippen LogP) is 2.99. The molecular weight excluding hydrogens is 198 g/mol. The van der Waals surface area contributed by atoms with Crippen LogP contribution in [-0.2, 0) is 4.74 Å². The van der Waals surface area contributed by atoms with E-state index in [1.807, 2.05) is 0 Å². The number of rotatable bonds is 5. The number of benzene rings is 1. The number of hydrogen-bond donors (Lipinski definition) is 1. The molecule has 1 fully saturated rings. The lowest BCUT2D eigenvalue weighted by Gasteiger charge is -2.26. The van der Waals surface area contributed by atoms with Crippen molar-refractivity contribution in [1.29, 1.82) is 0 Å². The van der Waals surface area contributed by atoms with Crippen LogP contribution in [0.2, 0.25) is 0 Å². The van der Waals surface area contributed by atoms with Gasteiger partial charge in [-0.1, -0.05) is 30.7 Å². The summed E-state index contributed by atoms with van der Waals surface area (Å²) in [5, 5.41) is 0. The fourth-order valence-electron chi connectivity index (χ4n) is 2.20. The minimum Gasteiger partial charge on any atom is -0.385 e. The smallest absolute Gasteiger partial charge is 0.0480 e. The molecule has 0 amide bonds. The van der Waals surface area contributed by atoms with Gasteiger partial charge >= 0.3 is 0 Å². The van der Waals surface area contributed by atoms with Gasteiger partial charge in [-0.25, -0.2) is 0 Å². The molecule has 2 heteroatoms. The topological polar surface area (TPSA) is 35.2 Å². The second kappa shape index (κ2) is 5.46. The molecule has 2 N–H and O–H groups in total. The van der Waals surface area contributed by atoms with E-state index in [9.17, 15) is 0 Å². The Hall–Kier alpha value is -0.860. The first-order chi connectivity index (χ1) is 7.81. The lowest BCUT2D eigenvalue weighted by Crippen LogP contribution is -2.14. The second-order valence-corrected chi connectivity index (χ2v) is 4.69. The maximum absolute atomic E-state index is 6.13. The lowest BCUT2D eigenvalue weighted by atomic mass is 9.79. The van der Waals surface area contributed by atoms with Gasteiger partial charge in [0.15, 0.2) is 0 Å². The van der Waals surface area contributed by atoms with Gasteiger partial charge in [0.25, 0.3) is 0 Å². The van der Waals surface area contributed by atoms with Crippen LogP contribution in [0.15, 0.2) is 24.3 Å². The Balaban J connectivity index is 2.02. The summed E-state index contributed by atoms with van der Waals surface area (Å²) >= 11 is 0. The SMILES string of the molecule is COCCC(N)c1cccc(C2CCC2)c1. The van der Waals surface area contributed by atoms with Crippen molar-refractivity contribution in [2.45, 2.75) is 37.6 Å². The summed E-state index contributed by atoms with van der Waals surface area (Å²) < 4.78 is 5.06. The first-order valence-electron chi connectivity index (χ1n) is 6.15. The number of methoxy groups -OCH3 is 1. The maximum Gasteiger partial charge on any atom is 0.0480 e. The normalized spacial score (nSPS) is 18.1. The molecule has 1 saturated carbocycles. The average molecular weight is 219 g/mol. The Bertz CT molecular complexity index is 333. The van der Waals surface area contributed by atoms with Crippen molar-refractivity contribution in [2.24, 2.45) is 5.73 Å². The quantitative estimate of drug-likeness (QED) is 0.826. The molecule has 1 aliphatic carbocycles. The third kappa shape index (κ3) is 2.63. The van der Waals surface area contributed by atoms with Crippen molar-refractivity contribution in [3.05, 3.63) is 35.4 Å². The van der Waals surface area contributed by atoms with E-state index in [1.54, 1.807) is 7.11 Å². The minimum absolute atomic E-state index is 0.111. The largest absolute Gasteiger partial charge is 0.385 e. The zero-order valence-corrected chi connectivity index (χ0v) is 9.99. The minimum atomic E-state index is 0.111. The molecule has 0 aliphatic heterocycles. The molecule has 0 aromatic heterocycles. The standard InChI is InChI=1S/C14H21NO/c1-16-9-8-14(15)13-7-3-6-12(10-13)11-4-2-5-11/h3,6-7,10-11,14H,2,4-5,8-9,15H2,1H3. The van der Waals surface area contributed by atoms with E-state index in [2.05, 4.69) is 24.3 Å². The van der Waals surface area contributed by atoms with Crippen molar-refractivity contribution >= 4 is 0 Å². The molecule has 1 aromatic rings. The zero-order chi connectivity index (χ0) is 11.4. The molecule has 0 heterocycles. The second-order valence-electron chi connectivity index (χ2n) is 4.69. The van der Waals surface area contributed by atoms with Gasteiger partial charge in [0.1, 0.15) is 0 Å². The molecule has 0 spiro atoms. The molecule has 0 radical (unpaired) electrons. The third-order valence-corrected chi connectivity index (χ3v) is 3.55. The molecular formula is C14H21NO. The van der Waals surface area contributed by atoms with E-state index in [-0.39, 0.29) is 6.04 Å². The molecule has 1 atom stereocenters. The van der Waals surface area contributed by atoms with Crippen LogP contribution in [0.25, 0.3) is 0 Å². The van der Waals surface area contributed by atoms with Gasteiger partial charge in [-0.3, -0.25) is 0 Å². The zero-order valence-electron chi connectivity index (χ0n) is 9.99. The van der Waals surface area contributed by atoms with Gasteiger partial charge < -0.3 is 10.5 Å². The van der Waals surface area contributed by atoms with E-state index in [0.717, 1.165) is 18.9 Å². The van der Waals surface area contributed by atoms with Crippen molar-refractivity contribution < 1.29 is 4.74 Å². The summed E-state index contributed by atoms with van der Waals surface area (Å²) in [5.41, 5.74) is 8.85. The lowest BCUT2D eigenvalue weighted by molar-refractivity contribution is 0.188. The Morgan fingerprint density at radius 3 is 2.88 bits per heavy atom. The Kier molecular flexibility index (Phi) is 3.97. The van der Waals surface area contributed by atoms with E-state index in [1.165, 1.54) is 30.4 Å². The summed E-state index contributed by atoms with van der Waals surface area (Å²) in [4.78, 5) is 0. The fraction of sp³-hybridized carbons (Fsp3) is 0.571. The van der Waals surface area contributed by atoms with E-state index in [0.29, 0.717) is 0 Å². The average Bonchev–Trinajstić information content (AvgIpc) is 2.24. The highest BCUT2D eigenvalue weighted by atomic mass is 16.5. The Morgan fingerprint density at radius 1 is 1.44 bits per heavy atom. The summed E-state index contributed by atoms with van der Waals surface area (Å²) in [6, 6.07) is 8.89. The molecule has 0 saturated heterocycles. The van der Waals surface area contributed by atoms with Crippen LogP contribution in [0, 0.1) is 0 Å². The van der Waals surface area contributed by atoms with E-state index in [4.69, 9.17) is 10.5 Å². The highest BCUT2D eigenvalue weighted by molar-refractivity contribution is 5.29. The van der Waals surface area contributed by atoms with Gasteiger partial charge in [0, 0.05) is 19.8 Å². The first kappa shape index (κ1) is 11.6. The van der Waals surface area contributed by atoms with Crippen LogP contribution in [0.1, 0.15) is 48.8 Å². The van der Waals surface area contributed by atoms with Crippen LogP contribution >= 0.6 is 0 Å². The van der Waals surface area contributed by atoms with Gasteiger partial charge in [0.2, 0.25) is 0 Å². The Labute approximate surface area is 97.8 Å². The van der Waals surface area contributed by atoms with Gasteiger partial charge in [-0.2, -0.15) is 0 Å². The van der Waals surface area contributed by atoms with E-state index >= 15 is 0 Å². The summed E-state index contributed by atoms with van der Waals surface area (Å²) in [7, 11) is 1.72. The highest BCUT2D eigenvalue weighted by Crippen LogP contribution is 2.36. The fourth-order valence-corrected chi connectivity index (χ4v) is 2.20. The van der Waals surface area contributed by atoms with Crippen LogP contribution in [-0.4, -0.2) is 13.7 Å².